The molecule has 5 rings (SSSR count). The van der Waals surface area contributed by atoms with E-state index in [0.717, 1.165) is 36.8 Å². The number of rotatable bonds is 3. The Balaban J connectivity index is 1.41. The van der Waals surface area contributed by atoms with Crippen LogP contribution < -0.4 is 5.32 Å². The predicted molar refractivity (Wildman–Crippen MR) is 89.1 cm³/mol. The van der Waals surface area contributed by atoms with Crippen LogP contribution in [0.3, 0.4) is 0 Å². The zero-order valence-electron chi connectivity index (χ0n) is 13.5. The highest BCUT2D eigenvalue weighted by Crippen LogP contribution is 2.61. The van der Waals surface area contributed by atoms with Crippen LogP contribution in [-0.4, -0.2) is 12.6 Å². The summed E-state index contributed by atoms with van der Waals surface area (Å²) in [6.45, 7) is 8.48. The molecule has 3 saturated carbocycles. The molecule has 1 nitrogen and oxygen atoms in total. The lowest BCUT2D eigenvalue weighted by Crippen LogP contribution is -2.60. The van der Waals surface area contributed by atoms with E-state index in [1.165, 1.54) is 29.5 Å². The molecule has 21 heavy (non-hydrogen) atoms. The fourth-order valence-electron chi connectivity index (χ4n) is 5.18. The molecule has 1 N–H and O–H groups in total. The summed E-state index contributed by atoms with van der Waals surface area (Å²) < 4.78 is 0. The maximum atomic E-state index is 3.88. The van der Waals surface area contributed by atoms with Gasteiger partial charge in [0.2, 0.25) is 0 Å². The first-order valence-electron chi connectivity index (χ1n) is 8.58. The average molecular weight is 281 g/mol. The first-order valence-corrected chi connectivity index (χ1v) is 8.58. The fourth-order valence-corrected chi connectivity index (χ4v) is 5.18. The molecule has 2 bridgehead atoms. The highest BCUT2D eigenvalue weighted by Gasteiger charge is 2.55. The van der Waals surface area contributed by atoms with Crippen LogP contribution >= 0.6 is 0 Å². The van der Waals surface area contributed by atoms with Gasteiger partial charge < -0.3 is 5.32 Å². The topological polar surface area (TPSA) is 12.0 Å². The van der Waals surface area contributed by atoms with Crippen LogP contribution in [0.1, 0.15) is 44.7 Å². The molecule has 0 spiro atoms. The Kier molecular flexibility index (Phi) is 3.04. The van der Waals surface area contributed by atoms with Gasteiger partial charge in [0.25, 0.3) is 0 Å². The standard InChI is InChI=1S/C20H27N/c1-13-18-10-16(20(18,2)3)11-19(13)21-12-15-9-8-14-6-4-5-7-17(14)15/h4-7,9,13,16,18-19,21H,8,10-12H2,1-3H3/t13-,16+,18-,19-/m0/s1. The summed E-state index contributed by atoms with van der Waals surface area (Å²) in [6, 6.07) is 9.58. The maximum absolute atomic E-state index is 3.88. The van der Waals surface area contributed by atoms with Crippen LogP contribution in [0.2, 0.25) is 0 Å². The second-order valence-corrected chi connectivity index (χ2v) is 8.03. The van der Waals surface area contributed by atoms with E-state index >= 15 is 0 Å². The van der Waals surface area contributed by atoms with Crippen LogP contribution in [-0.2, 0) is 6.42 Å². The van der Waals surface area contributed by atoms with Gasteiger partial charge in [-0.2, -0.15) is 0 Å². The van der Waals surface area contributed by atoms with Crippen molar-refractivity contribution in [2.75, 3.05) is 6.54 Å². The Morgan fingerprint density at radius 2 is 2.00 bits per heavy atom. The zero-order valence-corrected chi connectivity index (χ0v) is 13.5. The van der Waals surface area contributed by atoms with E-state index in [0.29, 0.717) is 5.41 Å². The van der Waals surface area contributed by atoms with Crippen molar-refractivity contribution in [3.63, 3.8) is 0 Å². The van der Waals surface area contributed by atoms with Gasteiger partial charge in [0.1, 0.15) is 0 Å². The normalized spacial score (nSPS) is 35.9. The van der Waals surface area contributed by atoms with Gasteiger partial charge in [-0.1, -0.05) is 51.1 Å². The molecule has 1 heteroatoms. The lowest BCUT2D eigenvalue weighted by atomic mass is 9.45. The van der Waals surface area contributed by atoms with E-state index < -0.39 is 0 Å². The number of benzene rings is 1. The molecule has 0 radical (unpaired) electrons. The third-order valence-corrected chi connectivity index (χ3v) is 6.84. The quantitative estimate of drug-likeness (QED) is 0.871. The monoisotopic (exact) mass is 281 g/mol. The smallest absolute Gasteiger partial charge is 0.0211 e. The summed E-state index contributed by atoms with van der Waals surface area (Å²) in [5, 5.41) is 3.88. The molecule has 1 aromatic carbocycles. The van der Waals surface area contributed by atoms with Gasteiger partial charge in [0.15, 0.2) is 0 Å². The van der Waals surface area contributed by atoms with Gasteiger partial charge in [0.05, 0.1) is 0 Å². The summed E-state index contributed by atoms with van der Waals surface area (Å²) in [5.74, 6) is 2.70. The molecule has 3 fully saturated rings. The zero-order chi connectivity index (χ0) is 14.6. The predicted octanol–water partition coefficient (Wildman–Crippen LogP) is 4.29. The van der Waals surface area contributed by atoms with E-state index in [-0.39, 0.29) is 0 Å². The molecule has 0 amide bonds. The molecular formula is C20H27N. The number of nitrogens with one attached hydrogen (secondary N) is 1. The van der Waals surface area contributed by atoms with Gasteiger partial charge in [0, 0.05) is 12.6 Å². The molecule has 0 aliphatic heterocycles. The van der Waals surface area contributed by atoms with Gasteiger partial charge in [-0.25, -0.2) is 0 Å². The lowest BCUT2D eigenvalue weighted by molar-refractivity contribution is -0.114. The molecule has 0 heterocycles. The molecule has 0 aromatic heterocycles. The first-order chi connectivity index (χ1) is 10.1. The van der Waals surface area contributed by atoms with E-state index in [4.69, 9.17) is 0 Å². The Labute approximate surface area is 128 Å². The lowest BCUT2D eigenvalue weighted by Gasteiger charge is -2.62. The van der Waals surface area contributed by atoms with Crippen LogP contribution in [0.4, 0.5) is 0 Å². The van der Waals surface area contributed by atoms with Crippen molar-refractivity contribution in [2.24, 2.45) is 23.2 Å². The molecule has 0 unspecified atom stereocenters. The molecule has 112 valence electrons. The van der Waals surface area contributed by atoms with Gasteiger partial charge in [-0.15, -0.1) is 0 Å². The molecule has 0 saturated heterocycles. The Bertz CT molecular complexity index is 583. The minimum atomic E-state index is 0.594. The average Bonchev–Trinajstić information content (AvgIpc) is 2.89. The fraction of sp³-hybridized carbons (Fsp3) is 0.600. The van der Waals surface area contributed by atoms with Gasteiger partial charge in [-0.05, 0) is 59.1 Å². The second kappa shape index (κ2) is 4.71. The SMILES string of the molecule is C[C@@H]1[C@@H](NCC2=CCc3ccccc32)C[C@H]2C[C@@H]1C2(C)C. The summed E-state index contributed by atoms with van der Waals surface area (Å²) in [7, 11) is 0. The summed E-state index contributed by atoms with van der Waals surface area (Å²) in [5.41, 5.74) is 5.07. The second-order valence-electron chi connectivity index (χ2n) is 8.03. The minimum Gasteiger partial charge on any atom is -0.310 e. The molecule has 4 aliphatic carbocycles. The van der Waals surface area contributed by atoms with Crippen molar-refractivity contribution in [1.82, 2.24) is 5.32 Å². The molecule has 4 aliphatic rings. The van der Waals surface area contributed by atoms with Crippen molar-refractivity contribution in [3.8, 4) is 0 Å². The molecule has 4 atom stereocenters. The van der Waals surface area contributed by atoms with E-state index in [2.05, 4.69) is 56.4 Å². The number of fused-ring (bicyclic) bond motifs is 3. The minimum absolute atomic E-state index is 0.594. The number of allylic oxidation sites excluding steroid dienone is 1. The Morgan fingerprint density at radius 3 is 2.76 bits per heavy atom. The van der Waals surface area contributed by atoms with Crippen molar-refractivity contribution in [3.05, 3.63) is 41.5 Å². The largest absolute Gasteiger partial charge is 0.310 e. The number of hydrogen-bond donors (Lipinski definition) is 1. The van der Waals surface area contributed by atoms with Crippen molar-refractivity contribution < 1.29 is 0 Å². The van der Waals surface area contributed by atoms with Crippen LogP contribution in [0.25, 0.3) is 5.57 Å². The molecular weight excluding hydrogens is 254 g/mol. The Morgan fingerprint density at radius 1 is 1.19 bits per heavy atom. The molecule has 1 aromatic rings. The van der Waals surface area contributed by atoms with Crippen molar-refractivity contribution >= 4 is 5.57 Å². The van der Waals surface area contributed by atoms with Crippen LogP contribution in [0, 0.1) is 23.2 Å². The third-order valence-electron chi connectivity index (χ3n) is 6.84. The van der Waals surface area contributed by atoms with E-state index in [1.54, 1.807) is 0 Å². The van der Waals surface area contributed by atoms with Crippen LogP contribution in [0.15, 0.2) is 30.3 Å². The summed E-state index contributed by atoms with van der Waals surface area (Å²) in [6.07, 6.45) is 6.37. The highest BCUT2D eigenvalue weighted by molar-refractivity contribution is 5.74. The van der Waals surface area contributed by atoms with Gasteiger partial charge >= 0.3 is 0 Å². The number of hydrogen-bond acceptors (Lipinski definition) is 1. The maximum Gasteiger partial charge on any atom is 0.0211 e. The summed E-state index contributed by atoms with van der Waals surface area (Å²) in [4.78, 5) is 0. The van der Waals surface area contributed by atoms with E-state index in [9.17, 15) is 0 Å². The van der Waals surface area contributed by atoms with Crippen LogP contribution in [0.5, 0.6) is 0 Å². The Hall–Kier alpha value is -1.08. The van der Waals surface area contributed by atoms with Gasteiger partial charge in [-0.3, -0.25) is 0 Å². The van der Waals surface area contributed by atoms with E-state index in [1.807, 2.05) is 0 Å². The van der Waals surface area contributed by atoms with Crippen molar-refractivity contribution in [1.29, 1.82) is 0 Å². The highest BCUT2D eigenvalue weighted by atomic mass is 14.9. The third kappa shape index (κ3) is 2.01. The van der Waals surface area contributed by atoms with Crippen molar-refractivity contribution in [2.45, 2.75) is 46.1 Å². The first kappa shape index (κ1) is 13.6. The summed E-state index contributed by atoms with van der Waals surface area (Å²) >= 11 is 0.